The summed E-state index contributed by atoms with van der Waals surface area (Å²) in [4.78, 5) is 15.7. The molecule has 0 saturated heterocycles. The van der Waals surface area contributed by atoms with Crippen LogP contribution in [0.4, 0.5) is 5.69 Å². The monoisotopic (exact) mass is 383 g/mol. The quantitative estimate of drug-likeness (QED) is 0.542. The molecule has 5 heteroatoms. The van der Waals surface area contributed by atoms with Gasteiger partial charge in [-0.2, -0.15) is 0 Å². The molecule has 0 amide bonds. The molecule has 144 valence electrons. The summed E-state index contributed by atoms with van der Waals surface area (Å²) in [5.74, 6) is 0. The lowest BCUT2D eigenvalue weighted by Crippen LogP contribution is -2.28. The highest BCUT2D eigenvalue weighted by Gasteiger charge is 2.13. The molecule has 0 fully saturated rings. The average Bonchev–Trinajstić information content (AvgIpc) is 2.70. The van der Waals surface area contributed by atoms with Crippen molar-refractivity contribution in [2.45, 2.75) is 27.3 Å². The van der Waals surface area contributed by atoms with E-state index >= 15 is 0 Å². The van der Waals surface area contributed by atoms with Gasteiger partial charge in [-0.05, 0) is 43.4 Å². The number of benzene rings is 2. The Hall–Kier alpha value is -1.95. The molecule has 0 saturated carbocycles. The summed E-state index contributed by atoms with van der Waals surface area (Å²) in [6.07, 6.45) is 0. The van der Waals surface area contributed by atoms with Gasteiger partial charge in [0.1, 0.15) is 0 Å². The van der Waals surface area contributed by atoms with Crippen molar-refractivity contribution in [1.82, 2.24) is 10.2 Å². The first-order chi connectivity index (χ1) is 13.2. The van der Waals surface area contributed by atoms with Crippen LogP contribution in [0.5, 0.6) is 0 Å². The first-order valence-corrected chi connectivity index (χ1v) is 10.7. The maximum Gasteiger partial charge on any atom is 0.197 e. The van der Waals surface area contributed by atoms with Crippen LogP contribution in [-0.4, -0.2) is 37.6 Å². The number of likely N-dealkylation sites (N-methyl/N-ethyl adjacent to an activating group) is 1. The summed E-state index contributed by atoms with van der Waals surface area (Å²) in [5.41, 5.74) is 2.27. The van der Waals surface area contributed by atoms with E-state index in [2.05, 4.69) is 48.4 Å². The third-order valence-corrected chi connectivity index (χ3v) is 6.26. The van der Waals surface area contributed by atoms with Crippen LogP contribution in [0.1, 0.15) is 26.3 Å². The van der Waals surface area contributed by atoms with Crippen molar-refractivity contribution in [3.05, 3.63) is 52.2 Å². The number of fused-ring (bicyclic) bond motifs is 2. The van der Waals surface area contributed by atoms with E-state index in [1.165, 1.54) is 5.56 Å². The summed E-state index contributed by atoms with van der Waals surface area (Å²) in [7, 11) is 0. The molecule has 0 aliphatic heterocycles. The molecule has 3 rings (SSSR count). The fourth-order valence-corrected chi connectivity index (χ4v) is 4.60. The molecule has 0 radical (unpaired) electrons. The Morgan fingerprint density at radius 2 is 1.81 bits per heavy atom. The van der Waals surface area contributed by atoms with Crippen molar-refractivity contribution in [3.8, 4) is 0 Å². The third kappa shape index (κ3) is 4.32. The minimum absolute atomic E-state index is 0.128. The molecule has 4 nitrogen and oxygen atoms in total. The van der Waals surface area contributed by atoms with Gasteiger partial charge >= 0.3 is 0 Å². The molecule has 0 aliphatic carbocycles. The normalized spacial score (nSPS) is 11.6. The zero-order valence-corrected chi connectivity index (χ0v) is 17.3. The van der Waals surface area contributed by atoms with Crippen LogP contribution in [-0.2, 0) is 6.54 Å². The summed E-state index contributed by atoms with van der Waals surface area (Å²) >= 11 is 1.71. The number of anilines is 1. The van der Waals surface area contributed by atoms with E-state index in [9.17, 15) is 4.79 Å². The number of rotatable bonds is 9. The SMILES string of the molecule is CCNCc1ccc(NCCN(CC)CC)c2c(=O)c3ccccc3sc12. The topological polar surface area (TPSA) is 44.4 Å². The summed E-state index contributed by atoms with van der Waals surface area (Å²) < 4.78 is 2.14. The summed E-state index contributed by atoms with van der Waals surface area (Å²) in [6.45, 7) is 12.0. The van der Waals surface area contributed by atoms with Crippen LogP contribution in [0.3, 0.4) is 0 Å². The fourth-order valence-electron chi connectivity index (χ4n) is 3.39. The molecule has 1 heterocycles. The Balaban J connectivity index is 2.06. The molecule has 0 bridgehead atoms. The number of hydrogen-bond donors (Lipinski definition) is 2. The van der Waals surface area contributed by atoms with Crippen molar-refractivity contribution in [2.24, 2.45) is 0 Å². The lowest BCUT2D eigenvalue weighted by atomic mass is 10.1. The Morgan fingerprint density at radius 1 is 1.04 bits per heavy atom. The van der Waals surface area contributed by atoms with Crippen molar-refractivity contribution >= 4 is 37.2 Å². The highest BCUT2D eigenvalue weighted by Crippen LogP contribution is 2.32. The Bertz CT molecular complexity index is 963. The molecule has 1 aromatic heterocycles. The zero-order valence-electron chi connectivity index (χ0n) is 16.5. The summed E-state index contributed by atoms with van der Waals surface area (Å²) in [5, 5.41) is 8.55. The molecule has 0 spiro atoms. The van der Waals surface area contributed by atoms with E-state index in [0.717, 1.165) is 65.1 Å². The molecule has 3 aromatic rings. The van der Waals surface area contributed by atoms with Gasteiger partial charge in [-0.15, -0.1) is 11.3 Å². The highest BCUT2D eigenvalue weighted by atomic mass is 32.1. The van der Waals surface area contributed by atoms with Crippen molar-refractivity contribution in [1.29, 1.82) is 0 Å². The van der Waals surface area contributed by atoms with Gasteiger partial charge < -0.3 is 15.5 Å². The lowest BCUT2D eigenvalue weighted by Gasteiger charge is -2.19. The third-order valence-electron chi connectivity index (χ3n) is 5.01. The predicted octanol–water partition coefficient (Wildman–Crippen LogP) is 4.28. The largest absolute Gasteiger partial charge is 0.383 e. The van der Waals surface area contributed by atoms with Gasteiger partial charge in [0.05, 0.1) is 5.39 Å². The molecule has 27 heavy (non-hydrogen) atoms. The maximum absolute atomic E-state index is 13.3. The minimum Gasteiger partial charge on any atom is -0.383 e. The van der Waals surface area contributed by atoms with E-state index in [4.69, 9.17) is 0 Å². The Kier molecular flexibility index (Phi) is 6.83. The first kappa shape index (κ1) is 19.8. The second-order valence-corrected chi connectivity index (χ2v) is 7.69. The van der Waals surface area contributed by atoms with Crippen LogP contribution < -0.4 is 16.1 Å². The molecule has 0 unspecified atom stereocenters. The first-order valence-electron chi connectivity index (χ1n) is 9.83. The van der Waals surface area contributed by atoms with Crippen LogP contribution in [0.2, 0.25) is 0 Å². The average molecular weight is 384 g/mol. The van der Waals surface area contributed by atoms with Gasteiger partial charge in [0.15, 0.2) is 5.43 Å². The smallest absolute Gasteiger partial charge is 0.197 e. The molecule has 2 aromatic carbocycles. The van der Waals surface area contributed by atoms with Gasteiger partial charge in [-0.3, -0.25) is 4.79 Å². The van der Waals surface area contributed by atoms with Gasteiger partial charge in [0.25, 0.3) is 0 Å². The van der Waals surface area contributed by atoms with Crippen molar-refractivity contribution < 1.29 is 0 Å². The van der Waals surface area contributed by atoms with E-state index in [1.807, 2.05) is 24.3 Å². The molecule has 0 aliphatic rings. The van der Waals surface area contributed by atoms with Crippen LogP contribution in [0.15, 0.2) is 41.2 Å². The van der Waals surface area contributed by atoms with Gasteiger partial charge in [-0.1, -0.05) is 39.0 Å². The second-order valence-electron chi connectivity index (χ2n) is 6.64. The zero-order chi connectivity index (χ0) is 19.2. The molecule has 2 N–H and O–H groups in total. The van der Waals surface area contributed by atoms with E-state index in [0.29, 0.717) is 0 Å². The van der Waals surface area contributed by atoms with Crippen LogP contribution >= 0.6 is 11.3 Å². The Labute approximate surface area is 165 Å². The second kappa shape index (κ2) is 9.31. The summed E-state index contributed by atoms with van der Waals surface area (Å²) in [6, 6.07) is 12.1. The minimum atomic E-state index is 0.128. The molecular weight excluding hydrogens is 354 g/mol. The predicted molar refractivity (Wildman–Crippen MR) is 119 cm³/mol. The van der Waals surface area contributed by atoms with E-state index in [-0.39, 0.29) is 5.43 Å². The molecule has 0 atom stereocenters. The molecular formula is C22H29N3OS. The van der Waals surface area contributed by atoms with Gasteiger partial charge in [0, 0.05) is 40.1 Å². The van der Waals surface area contributed by atoms with Gasteiger partial charge in [0.2, 0.25) is 0 Å². The van der Waals surface area contributed by atoms with Crippen molar-refractivity contribution in [3.63, 3.8) is 0 Å². The van der Waals surface area contributed by atoms with Crippen LogP contribution in [0, 0.1) is 0 Å². The highest BCUT2D eigenvalue weighted by molar-refractivity contribution is 7.24. The number of hydrogen-bond acceptors (Lipinski definition) is 5. The Morgan fingerprint density at radius 3 is 2.56 bits per heavy atom. The van der Waals surface area contributed by atoms with Gasteiger partial charge in [-0.25, -0.2) is 0 Å². The van der Waals surface area contributed by atoms with Crippen LogP contribution in [0.25, 0.3) is 20.2 Å². The number of nitrogens with zero attached hydrogens (tertiary/aromatic N) is 1. The number of nitrogens with one attached hydrogen (secondary N) is 2. The van der Waals surface area contributed by atoms with Crippen molar-refractivity contribution in [2.75, 3.05) is 38.0 Å². The lowest BCUT2D eigenvalue weighted by molar-refractivity contribution is 0.316. The standard InChI is InChI=1S/C22H29N3OS/c1-4-23-15-16-11-12-18(24-13-14-25(5-2)6-3)20-21(26)17-9-7-8-10-19(17)27-22(16)20/h7-12,23-24H,4-6,13-15H2,1-3H3. The van der Waals surface area contributed by atoms with E-state index < -0.39 is 0 Å². The van der Waals surface area contributed by atoms with E-state index in [1.54, 1.807) is 11.3 Å². The fraction of sp³-hybridized carbons (Fsp3) is 0.409. The maximum atomic E-state index is 13.3.